The highest BCUT2D eigenvalue weighted by Crippen LogP contribution is 2.57. The lowest BCUT2D eigenvalue weighted by Gasteiger charge is -2.38. The number of carbonyl (C=O) groups is 3. The first-order valence-corrected chi connectivity index (χ1v) is 11.2. The molecule has 2 amide bonds. The van der Waals surface area contributed by atoms with Gasteiger partial charge in [-0.3, -0.25) is 14.4 Å². The van der Waals surface area contributed by atoms with Gasteiger partial charge in [0.25, 0.3) is 0 Å². The summed E-state index contributed by atoms with van der Waals surface area (Å²) < 4.78 is 12.0. The Morgan fingerprint density at radius 3 is 2.68 bits per heavy atom. The molecular weight excluding hydrogens is 400 g/mol. The maximum Gasteiger partial charge on any atom is 0.313 e. The van der Waals surface area contributed by atoms with Gasteiger partial charge in [0.2, 0.25) is 11.8 Å². The molecular formula is C23H32N2O6. The van der Waals surface area contributed by atoms with E-state index in [1.54, 1.807) is 11.8 Å². The quantitative estimate of drug-likeness (QED) is 0.515. The molecule has 2 saturated heterocycles. The SMILES string of the molecule is CCCC(C)N1CC=C[C@]23O[C@]4(C)C=CCCOC(=O)[C@@H]4[C@H]2C(=O)N(CCO)C3C1=O. The zero-order valence-corrected chi connectivity index (χ0v) is 18.5. The fraction of sp³-hybridized carbons (Fsp3) is 0.696. The molecule has 1 spiro atoms. The van der Waals surface area contributed by atoms with Crippen LogP contribution in [0.25, 0.3) is 0 Å². The predicted octanol–water partition coefficient (Wildman–Crippen LogP) is 1.04. The fourth-order valence-corrected chi connectivity index (χ4v) is 5.82. The summed E-state index contributed by atoms with van der Waals surface area (Å²) in [5.74, 6) is -2.77. The first kappa shape index (κ1) is 22.0. The van der Waals surface area contributed by atoms with E-state index in [0.29, 0.717) is 13.0 Å². The van der Waals surface area contributed by atoms with Gasteiger partial charge in [-0.25, -0.2) is 0 Å². The Morgan fingerprint density at radius 1 is 1.19 bits per heavy atom. The Morgan fingerprint density at radius 2 is 1.97 bits per heavy atom. The molecule has 4 heterocycles. The van der Waals surface area contributed by atoms with Crippen molar-refractivity contribution in [3.63, 3.8) is 0 Å². The summed E-state index contributed by atoms with van der Waals surface area (Å²) in [5.41, 5.74) is -2.34. The zero-order chi connectivity index (χ0) is 22.4. The van der Waals surface area contributed by atoms with Crippen molar-refractivity contribution >= 4 is 17.8 Å². The number of aliphatic hydroxyl groups excluding tert-OH is 1. The number of β-amino-alcohol motifs (C(OH)–C–C–N with tert-alkyl or cyclic N) is 1. The summed E-state index contributed by atoms with van der Waals surface area (Å²) in [5, 5.41) is 9.65. The maximum atomic E-state index is 13.8. The van der Waals surface area contributed by atoms with Crippen LogP contribution in [-0.2, 0) is 23.9 Å². The van der Waals surface area contributed by atoms with E-state index >= 15 is 0 Å². The molecule has 1 N–H and O–H groups in total. The molecule has 2 unspecified atom stereocenters. The number of esters is 1. The number of carbonyl (C=O) groups excluding carboxylic acids is 3. The van der Waals surface area contributed by atoms with Crippen molar-refractivity contribution < 1.29 is 29.0 Å². The Labute approximate surface area is 182 Å². The van der Waals surface area contributed by atoms with Crippen molar-refractivity contribution in [2.45, 2.75) is 63.3 Å². The number of nitrogens with zero attached hydrogens (tertiary/aromatic N) is 2. The third-order valence-electron chi connectivity index (χ3n) is 7.13. The molecule has 0 aromatic carbocycles. The maximum absolute atomic E-state index is 13.8. The second-order valence-corrected chi connectivity index (χ2v) is 9.14. The van der Waals surface area contributed by atoms with Crippen LogP contribution in [0.1, 0.15) is 40.0 Å². The topological polar surface area (TPSA) is 96.4 Å². The van der Waals surface area contributed by atoms with Crippen molar-refractivity contribution in [1.29, 1.82) is 0 Å². The molecule has 4 aliphatic heterocycles. The highest BCUT2D eigenvalue weighted by atomic mass is 16.6. The smallest absolute Gasteiger partial charge is 0.313 e. The summed E-state index contributed by atoms with van der Waals surface area (Å²) in [6, 6.07) is -0.931. The predicted molar refractivity (Wildman–Crippen MR) is 112 cm³/mol. The van der Waals surface area contributed by atoms with Crippen molar-refractivity contribution in [3.8, 4) is 0 Å². The number of rotatable bonds is 5. The van der Waals surface area contributed by atoms with Crippen LogP contribution in [-0.4, -0.2) is 82.3 Å². The molecule has 0 aromatic rings. The number of likely N-dealkylation sites (tertiary alicyclic amines) is 1. The van der Waals surface area contributed by atoms with E-state index in [1.165, 1.54) is 4.90 Å². The van der Waals surface area contributed by atoms with Crippen LogP contribution < -0.4 is 0 Å². The van der Waals surface area contributed by atoms with E-state index in [-0.39, 0.29) is 37.6 Å². The Bertz CT molecular complexity index is 825. The number of fused-ring (bicyclic) bond motifs is 2. The number of hydrogen-bond acceptors (Lipinski definition) is 6. The first-order chi connectivity index (χ1) is 14.8. The highest BCUT2D eigenvalue weighted by molar-refractivity contribution is 5.99. The van der Waals surface area contributed by atoms with Crippen molar-refractivity contribution in [1.82, 2.24) is 9.80 Å². The van der Waals surface area contributed by atoms with Gasteiger partial charge in [0.1, 0.15) is 17.6 Å². The third kappa shape index (κ3) is 3.22. The van der Waals surface area contributed by atoms with Crippen LogP contribution >= 0.6 is 0 Å². The molecule has 6 atom stereocenters. The minimum atomic E-state index is -1.28. The van der Waals surface area contributed by atoms with Crippen LogP contribution in [0, 0.1) is 11.8 Å². The standard InChI is InChI=1S/C23H32N2O6/c1-4-8-15(2)24-11-7-10-23-16(19(27)25(12-13-26)18(23)20(24)28)17-21(29)30-14-6-5-9-22(17,3)31-23/h5,7,9-10,15-18,26H,4,6,8,11-14H2,1-3H3/t15?,16-,17-,18?,22+,23-/m0/s1. The number of hydrogen-bond donors (Lipinski definition) is 1. The third-order valence-corrected chi connectivity index (χ3v) is 7.13. The lowest BCUT2D eigenvalue weighted by atomic mass is 9.74. The monoisotopic (exact) mass is 432 g/mol. The fourth-order valence-electron chi connectivity index (χ4n) is 5.82. The number of cyclic esters (lactones) is 1. The summed E-state index contributed by atoms with van der Waals surface area (Å²) in [6.45, 7) is 6.25. The van der Waals surface area contributed by atoms with Crippen molar-refractivity contribution in [2.75, 3.05) is 26.3 Å². The van der Waals surface area contributed by atoms with E-state index < -0.39 is 35.0 Å². The number of aliphatic hydroxyl groups is 1. The van der Waals surface area contributed by atoms with Crippen LogP contribution in [0.5, 0.6) is 0 Å². The minimum Gasteiger partial charge on any atom is -0.465 e. The van der Waals surface area contributed by atoms with E-state index in [1.807, 2.05) is 31.2 Å². The summed E-state index contributed by atoms with van der Waals surface area (Å²) in [7, 11) is 0. The van der Waals surface area contributed by atoms with Crippen LogP contribution in [0.3, 0.4) is 0 Å². The Hall–Kier alpha value is -2.19. The van der Waals surface area contributed by atoms with E-state index in [9.17, 15) is 19.5 Å². The molecule has 4 aliphatic rings. The second-order valence-electron chi connectivity index (χ2n) is 9.14. The first-order valence-electron chi connectivity index (χ1n) is 11.2. The van der Waals surface area contributed by atoms with Crippen LogP contribution in [0.15, 0.2) is 24.3 Å². The van der Waals surface area contributed by atoms with Gasteiger partial charge < -0.3 is 24.4 Å². The average molecular weight is 433 g/mol. The van der Waals surface area contributed by atoms with Gasteiger partial charge in [-0.1, -0.05) is 37.6 Å². The number of amides is 2. The van der Waals surface area contributed by atoms with Gasteiger partial charge in [0.15, 0.2) is 0 Å². The lowest BCUT2D eigenvalue weighted by Crippen LogP contribution is -2.57. The normalized spacial score (nSPS) is 38.2. The molecule has 0 radical (unpaired) electrons. The van der Waals surface area contributed by atoms with Gasteiger partial charge in [-0.15, -0.1) is 0 Å². The highest BCUT2D eigenvalue weighted by Gasteiger charge is 2.74. The largest absolute Gasteiger partial charge is 0.465 e. The van der Waals surface area contributed by atoms with Gasteiger partial charge >= 0.3 is 5.97 Å². The minimum absolute atomic E-state index is 0.00189. The summed E-state index contributed by atoms with van der Waals surface area (Å²) in [6.07, 6.45) is 9.77. The molecule has 31 heavy (non-hydrogen) atoms. The van der Waals surface area contributed by atoms with E-state index in [0.717, 1.165) is 12.8 Å². The average Bonchev–Trinajstić information content (AvgIpc) is 3.02. The van der Waals surface area contributed by atoms with Crippen molar-refractivity contribution in [3.05, 3.63) is 24.3 Å². The molecule has 8 heteroatoms. The van der Waals surface area contributed by atoms with Gasteiger partial charge in [0, 0.05) is 19.1 Å². The Kier molecular flexibility index (Phi) is 5.72. The van der Waals surface area contributed by atoms with Gasteiger partial charge in [-0.05, 0) is 26.7 Å². The summed E-state index contributed by atoms with van der Waals surface area (Å²) in [4.78, 5) is 43.7. The number of ether oxygens (including phenoxy) is 2. The molecule has 8 nitrogen and oxygen atoms in total. The molecule has 0 aromatic heterocycles. The summed E-state index contributed by atoms with van der Waals surface area (Å²) >= 11 is 0. The van der Waals surface area contributed by atoms with Crippen LogP contribution in [0.4, 0.5) is 0 Å². The molecule has 0 aliphatic carbocycles. The van der Waals surface area contributed by atoms with Crippen LogP contribution in [0.2, 0.25) is 0 Å². The van der Waals surface area contributed by atoms with Gasteiger partial charge in [0.05, 0.1) is 24.7 Å². The molecule has 170 valence electrons. The molecule has 0 saturated carbocycles. The molecule has 4 rings (SSSR count). The van der Waals surface area contributed by atoms with E-state index in [4.69, 9.17) is 9.47 Å². The van der Waals surface area contributed by atoms with Crippen molar-refractivity contribution in [2.24, 2.45) is 11.8 Å². The van der Waals surface area contributed by atoms with Gasteiger partial charge in [-0.2, -0.15) is 0 Å². The molecule has 2 fully saturated rings. The Balaban J connectivity index is 1.84. The second kappa shape index (κ2) is 8.06. The molecule has 0 bridgehead atoms. The zero-order valence-electron chi connectivity index (χ0n) is 18.5. The van der Waals surface area contributed by atoms with E-state index in [2.05, 4.69) is 6.92 Å². The lowest BCUT2D eigenvalue weighted by molar-refractivity contribution is -0.160.